The molecule has 0 unspecified atom stereocenters. The Morgan fingerprint density at radius 1 is 1.07 bits per heavy atom. The quantitative estimate of drug-likeness (QED) is 0.533. The minimum atomic E-state index is -0.457. The average molecular weight is 394 g/mol. The molecular weight excluding hydrogens is 368 g/mol. The van der Waals surface area contributed by atoms with E-state index in [1.54, 1.807) is 6.07 Å². The molecule has 1 spiro atoms. The van der Waals surface area contributed by atoms with Gasteiger partial charge in [0.1, 0.15) is 17.0 Å². The number of aliphatic imine (C=N–C) groups is 1. The van der Waals surface area contributed by atoms with Gasteiger partial charge < -0.3 is 31.1 Å². The minimum Gasteiger partial charge on any atom is -0.485 e. The molecule has 0 amide bonds. The van der Waals surface area contributed by atoms with Crippen molar-refractivity contribution in [1.29, 1.82) is 5.41 Å². The predicted molar refractivity (Wildman–Crippen MR) is 114 cm³/mol. The molecule has 4 rings (SSSR count). The number of hydrogen-bond acceptors (Lipinski definition) is 7. The van der Waals surface area contributed by atoms with Crippen LogP contribution >= 0.6 is 0 Å². The molecule has 7 heteroatoms. The van der Waals surface area contributed by atoms with E-state index in [0.717, 1.165) is 17.5 Å². The zero-order valence-corrected chi connectivity index (χ0v) is 16.7. The molecule has 0 atom stereocenters. The van der Waals surface area contributed by atoms with Gasteiger partial charge in [-0.3, -0.25) is 0 Å². The second-order valence-electron chi connectivity index (χ2n) is 8.10. The lowest BCUT2D eigenvalue weighted by Crippen LogP contribution is -2.60. The maximum absolute atomic E-state index is 7.53. The normalized spacial score (nSPS) is 19.7. The fourth-order valence-corrected chi connectivity index (χ4v) is 3.78. The maximum Gasteiger partial charge on any atom is 0.287 e. The third-order valence-electron chi connectivity index (χ3n) is 5.99. The monoisotopic (exact) mass is 394 g/mol. The van der Waals surface area contributed by atoms with Gasteiger partial charge >= 0.3 is 0 Å². The number of hydrogen-bond donors (Lipinski definition) is 3. The molecule has 2 heterocycles. The summed E-state index contributed by atoms with van der Waals surface area (Å²) in [5, 5.41) is 7.53. The molecule has 0 aromatic heterocycles. The van der Waals surface area contributed by atoms with Gasteiger partial charge in [0, 0.05) is 17.5 Å². The first-order chi connectivity index (χ1) is 13.8. The molecule has 7 nitrogen and oxygen atoms in total. The SMILES string of the molecule is CC1(C)Oc2ccc(-c3ccc(N)c(C=N)c3)cc2N=C(N)OCCC12COC2. The van der Waals surface area contributed by atoms with Crippen molar-refractivity contribution in [3.63, 3.8) is 0 Å². The second-order valence-corrected chi connectivity index (χ2v) is 8.10. The number of nitrogens with one attached hydrogen (secondary N) is 1. The number of fused-ring (bicyclic) bond motifs is 1. The fourth-order valence-electron chi connectivity index (χ4n) is 3.78. The van der Waals surface area contributed by atoms with Gasteiger partial charge in [0.15, 0.2) is 0 Å². The summed E-state index contributed by atoms with van der Waals surface area (Å²) in [7, 11) is 0. The van der Waals surface area contributed by atoms with Gasteiger partial charge in [0.25, 0.3) is 6.02 Å². The highest BCUT2D eigenvalue weighted by Crippen LogP contribution is 2.46. The highest BCUT2D eigenvalue weighted by molar-refractivity contribution is 5.88. The Morgan fingerprint density at radius 3 is 2.48 bits per heavy atom. The zero-order valence-electron chi connectivity index (χ0n) is 16.7. The molecular formula is C22H26N4O3. The van der Waals surface area contributed by atoms with Crippen LogP contribution in [0.2, 0.25) is 0 Å². The largest absolute Gasteiger partial charge is 0.485 e. The number of nitrogen functional groups attached to an aromatic ring is 1. The zero-order chi connectivity index (χ0) is 20.6. The van der Waals surface area contributed by atoms with E-state index in [1.807, 2.05) is 30.3 Å². The van der Waals surface area contributed by atoms with E-state index in [0.29, 0.717) is 42.5 Å². The molecule has 152 valence electrons. The van der Waals surface area contributed by atoms with Crippen LogP contribution in [0.1, 0.15) is 25.8 Å². The molecule has 1 saturated heterocycles. The Balaban J connectivity index is 1.77. The lowest BCUT2D eigenvalue weighted by atomic mass is 9.69. The van der Waals surface area contributed by atoms with Crippen molar-refractivity contribution in [2.75, 3.05) is 25.6 Å². The summed E-state index contributed by atoms with van der Waals surface area (Å²) >= 11 is 0. The molecule has 0 aliphatic carbocycles. The van der Waals surface area contributed by atoms with Crippen molar-refractivity contribution in [1.82, 2.24) is 0 Å². The van der Waals surface area contributed by atoms with Gasteiger partial charge in [-0.1, -0.05) is 12.1 Å². The number of amidine groups is 1. The summed E-state index contributed by atoms with van der Waals surface area (Å²) in [6, 6.07) is 11.5. The lowest BCUT2D eigenvalue weighted by molar-refractivity contribution is -0.205. The van der Waals surface area contributed by atoms with Gasteiger partial charge in [-0.2, -0.15) is 4.99 Å². The van der Waals surface area contributed by atoms with Crippen molar-refractivity contribution in [2.24, 2.45) is 16.1 Å². The Kier molecular flexibility index (Phi) is 4.70. The van der Waals surface area contributed by atoms with Crippen LogP contribution in [0, 0.1) is 10.8 Å². The summed E-state index contributed by atoms with van der Waals surface area (Å²) in [5.74, 6) is 0.640. The minimum absolute atomic E-state index is 0.111. The van der Waals surface area contributed by atoms with E-state index < -0.39 is 5.60 Å². The Bertz CT molecular complexity index is 980. The van der Waals surface area contributed by atoms with Crippen LogP contribution < -0.4 is 16.2 Å². The second kappa shape index (κ2) is 7.08. The molecule has 2 aromatic carbocycles. The number of nitrogens with zero attached hydrogens (tertiary/aromatic N) is 1. The van der Waals surface area contributed by atoms with Crippen LogP contribution in [-0.4, -0.2) is 37.7 Å². The maximum atomic E-state index is 7.53. The Hall–Kier alpha value is -3.06. The number of rotatable bonds is 2. The van der Waals surface area contributed by atoms with Crippen LogP contribution in [0.5, 0.6) is 5.75 Å². The van der Waals surface area contributed by atoms with E-state index in [-0.39, 0.29) is 11.4 Å². The van der Waals surface area contributed by atoms with Crippen LogP contribution in [0.15, 0.2) is 41.4 Å². The number of anilines is 1. The molecule has 2 aromatic rings. The van der Waals surface area contributed by atoms with E-state index in [1.165, 1.54) is 6.21 Å². The summed E-state index contributed by atoms with van der Waals surface area (Å²) in [6.45, 7) is 5.88. The topological polar surface area (TPSA) is 116 Å². The van der Waals surface area contributed by atoms with E-state index >= 15 is 0 Å². The molecule has 2 aliphatic heterocycles. The first-order valence-electron chi connectivity index (χ1n) is 9.62. The average Bonchev–Trinajstić information content (AvgIpc) is 2.64. The molecule has 2 aliphatic rings. The van der Waals surface area contributed by atoms with Gasteiger partial charge in [0.05, 0.1) is 25.2 Å². The van der Waals surface area contributed by atoms with Gasteiger partial charge in [-0.25, -0.2) is 0 Å². The predicted octanol–water partition coefficient (Wildman–Crippen LogP) is 3.47. The molecule has 5 N–H and O–H groups in total. The Morgan fingerprint density at radius 2 is 1.79 bits per heavy atom. The van der Waals surface area contributed by atoms with E-state index in [9.17, 15) is 0 Å². The number of benzene rings is 2. The van der Waals surface area contributed by atoms with Gasteiger partial charge in [0.2, 0.25) is 0 Å². The van der Waals surface area contributed by atoms with E-state index in [2.05, 4.69) is 18.8 Å². The summed E-state index contributed by atoms with van der Waals surface area (Å²) in [4.78, 5) is 4.45. The summed E-state index contributed by atoms with van der Waals surface area (Å²) in [6.07, 6.45) is 2.03. The molecule has 0 bridgehead atoms. The third kappa shape index (κ3) is 3.42. The van der Waals surface area contributed by atoms with Crippen molar-refractivity contribution in [3.05, 3.63) is 42.0 Å². The summed E-state index contributed by atoms with van der Waals surface area (Å²) < 4.78 is 17.7. The smallest absolute Gasteiger partial charge is 0.287 e. The lowest BCUT2D eigenvalue weighted by Gasteiger charge is -2.52. The van der Waals surface area contributed by atoms with Gasteiger partial charge in [-0.15, -0.1) is 0 Å². The van der Waals surface area contributed by atoms with Gasteiger partial charge in [-0.05, 0) is 55.7 Å². The van der Waals surface area contributed by atoms with Crippen molar-refractivity contribution in [3.8, 4) is 16.9 Å². The number of nitrogens with two attached hydrogens (primary N) is 2. The fraction of sp³-hybridized carbons (Fsp3) is 0.364. The number of ether oxygens (including phenoxy) is 3. The van der Waals surface area contributed by atoms with E-state index in [4.69, 9.17) is 31.1 Å². The highest BCUT2D eigenvalue weighted by Gasteiger charge is 2.53. The Labute approximate surface area is 170 Å². The standard InChI is InChI=1S/C22H26N4O3/c1-21(2)22(12-27-13-22)7-8-28-20(25)26-18-10-15(4-6-19(18)29-21)14-3-5-17(24)16(9-14)11-23/h3-6,9-11,23H,7-8,12-13,24H2,1-2H3,(H2,25,26). The van der Waals surface area contributed by atoms with Crippen molar-refractivity contribution in [2.45, 2.75) is 25.9 Å². The summed E-state index contributed by atoms with van der Waals surface area (Å²) in [5.41, 5.74) is 15.0. The van der Waals surface area contributed by atoms with Crippen LogP contribution in [0.4, 0.5) is 11.4 Å². The van der Waals surface area contributed by atoms with Crippen LogP contribution in [-0.2, 0) is 9.47 Å². The van der Waals surface area contributed by atoms with Crippen molar-refractivity contribution >= 4 is 23.6 Å². The molecule has 29 heavy (non-hydrogen) atoms. The molecule has 0 radical (unpaired) electrons. The highest BCUT2D eigenvalue weighted by atomic mass is 16.5. The van der Waals surface area contributed by atoms with Crippen LogP contribution in [0.3, 0.4) is 0 Å². The first-order valence-corrected chi connectivity index (χ1v) is 9.62. The van der Waals surface area contributed by atoms with Crippen molar-refractivity contribution < 1.29 is 14.2 Å². The first kappa shape index (κ1) is 19.3. The van der Waals surface area contributed by atoms with Crippen LogP contribution in [0.25, 0.3) is 11.1 Å². The molecule has 1 fully saturated rings. The third-order valence-corrected chi connectivity index (χ3v) is 5.99. The molecule has 0 saturated carbocycles.